The number of likely N-dealkylation sites (tertiary alicyclic amines) is 1. The van der Waals surface area contributed by atoms with E-state index in [1.54, 1.807) is 12.1 Å². The van der Waals surface area contributed by atoms with Crippen molar-refractivity contribution >= 4 is 21.8 Å². The van der Waals surface area contributed by atoms with E-state index in [0.717, 1.165) is 0 Å². The molecule has 0 bridgehead atoms. The molecule has 0 unspecified atom stereocenters. The van der Waals surface area contributed by atoms with Gasteiger partial charge in [-0.3, -0.25) is 14.5 Å². The maximum Gasteiger partial charge on any atom is 0.238 e. The van der Waals surface area contributed by atoms with Crippen LogP contribution in [0.1, 0.15) is 18.4 Å². The number of benzene rings is 1. The van der Waals surface area contributed by atoms with Crippen LogP contribution in [0.25, 0.3) is 0 Å². The molecule has 3 rings (SSSR count). The van der Waals surface area contributed by atoms with Gasteiger partial charge in [0.1, 0.15) is 0 Å². The molecular formula is C15H16N2O4S. The van der Waals surface area contributed by atoms with Crippen LogP contribution in [0.3, 0.4) is 0 Å². The van der Waals surface area contributed by atoms with Crippen LogP contribution in [0, 0.1) is 11.8 Å². The van der Waals surface area contributed by atoms with E-state index < -0.39 is 10.0 Å². The molecule has 7 heteroatoms. The second-order valence-corrected chi connectivity index (χ2v) is 7.17. The largest absolute Gasteiger partial charge is 0.278 e. The number of carbonyl (C=O) groups is 2. The lowest BCUT2D eigenvalue weighted by atomic mass is 9.85. The molecule has 1 heterocycles. The molecule has 2 aliphatic rings. The lowest BCUT2D eigenvalue weighted by Gasteiger charge is -2.14. The molecule has 1 aromatic rings. The van der Waals surface area contributed by atoms with E-state index in [9.17, 15) is 18.0 Å². The summed E-state index contributed by atoms with van der Waals surface area (Å²) in [6, 6.07) is 5.90. The molecule has 0 spiro atoms. The summed E-state index contributed by atoms with van der Waals surface area (Å²) < 4.78 is 22.4. The zero-order chi connectivity index (χ0) is 15.9. The monoisotopic (exact) mass is 320 g/mol. The number of primary sulfonamides is 1. The van der Waals surface area contributed by atoms with Crippen LogP contribution in [-0.2, 0) is 26.2 Å². The van der Waals surface area contributed by atoms with Gasteiger partial charge in [0.15, 0.2) is 0 Å². The van der Waals surface area contributed by atoms with Gasteiger partial charge < -0.3 is 0 Å². The lowest BCUT2D eigenvalue weighted by Crippen LogP contribution is -2.30. The van der Waals surface area contributed by atoms with Crippen molar-refractivity contribution in [2.45, 2.75) is 24.3 Å². The number of fused-ring (bicyclic) bond motifs is 1. The Bertz CT molecular complexity index is 726. The maximum absolute atomic E-state index is 12.3. The third-order valence-electron chi connectivity index (χ3n) is 4.19. The van der Waals surface area contributed by atoms with Crippen molar-refractivity contribution in [2.75, 3.05) is 0 Å². The zero-order valence-corrected chi connectivity index (χ0v) is 12.6. The second kappa shape index (κ2) is 5.33. The van der Waals surface area contributed by atoms with Gasteiger partial charge in [-0.15, -0.1) is 0 Å². The molecule has 1 saturated heterocycles. The van der Waals surface area contributed by atoms with Crippen molar-refractivity contribution in [3.8, 4) is 0 Å². The van der Waals surface area contributed by atoms with E-state index >= 15 is 0 Å². The number of nitrogens with zero attached hydrogens (tertiary/aromatic N) is 1. The quantitative estimate of drug-likeness (QED) is 0.657. The third-order valence-corrected chi connectivity index (χ3v) is 5.12. The Morgan fingerprint density at radius 3 is 1.95 bits per heavy atom. The summed E-state index contributed by atoms with van der Waals surface area (Å²) in [6.07, 6.45) is 5.10. The van der Waals surface area contributed by atoms with Crippen molar-refractivity contribution in [1.82, 2.24) is 4.90 Å². The number of hydrogen-bond donors (Lipinski definition) is 1. The van der Waals surface area contributed by atoms with Crippen molar-refractivity contribution in [3.63, 3.8) is 0 Å². The first-order chi connectivity index (χ1) is 10.4. The number of amides is 2. The molecule has 1 aromatic carbocycles. The number of allylic oxidation sites excluding steroid dienone is 2. The third kappa shape index (κ3) is 2.57. The predicted octanol–water partition coefficient (Wildman–Crippen LogP) is 0.785. The molecule has 1 aliphatic heterocycles. The van der Waals surface area contributed by atoms with Gasteiger partial charge in [0.25, 0.3) is 0 Å². The van der Waals surface area contributed by atoms with Gasteiger partial charge in [-0.05, 0) is 30.5 Å². The summed E-state index contributed by atoms with van der Waals surface area (Å²) in [5, 5.41) is 5.04. The van der Waals surface area contributed by atoms with Crippen LogP contribution in [-0.4, -0.2) is 25.1 Å². The van der Waals surface area contributed by atoms with Crippen molar-refractivity contribution < 1.29 is 18.0 Å². The highest BCUT2D eigenvalue weighted by Crippen LogP contribution is 2.35. The molecule has 116 valence electrons. The minimum Gasteiger partial charge on any atom is -0.278 e. The highest BCUT2D eigenvalue weighted by atomic mass is 32.2. The summed E-state index contributed by atoms with van der Waals surface area (Å²) in [7, 11) is -3.74. The maximum atomic E-state index is 12.3. The van der Waals surface area contributed by atoms with Gasteiger partial charge in [0.05, 0.1) is 23.3 Å². The smallest absolute Gasteiger partial charge is 0.238 e. The van der Waals surface area contributed by atoms with Crippen LogP contribution in [0.2, 0.25) is 0 Å². The number of hydrogen-bond acceptors (Lipinski definition) is 4. The molecular weight excluding hydrogens is 304 g/mol. The van der Waals surface area contributed by atoms with Crippen LogP contribution >= 0.6 is 0 Å². The number of rotatable bonds is 3. The number of sulfonamides is 1. The van der Waals surface area contributed by atoms with E-state index in [0.29, 0.717) is 18.4 Å². The Morgan fingerprint density at radius 1 is 1.00 bits per heavy atom. The molecule has 2 amide bonds. The molecule has 2 N–H and O–H groups in total. The number of nitrogens with two attached hydrogens (primary N) is 1. The van der Waals surface area contributed by atoms with Gasteiger partial charge in [-0.1, -0.05) is 24.3 Å². The summed E-state index contributed by atoms with van der Waals surface area (Å²) in [5.74, 6) is -0.785. The fourth-order valence-corrected chi connectivity index (χ4v) is 3.51. The van der Waals surface area contributed by atoms with Crippen molar-refractivity contribution in [2.24, 2.45) is 17.0 Å². The Morgan fingerprint density at radius 2 is 1.50 bits per heavy atom. The Balaban J connectivity index is 1.79. The fourth-order valence-electron chi connectivity index (χ4n) is 2.99. The van der Waals surface area contributed by atoms with Gasteiger partial charge in [0, 0.05) is 0 Å². The first-order valence-corrected chi connectivity index (χ1v) is 8.54. The molecule has 22 heavy (non-hydrogen) atoms. The van der Waals surface area contributed by atoms with Crippen LogP contribution in [0.5, 0.6) is 0 Å². The van der Waals surface area contributed by atoms with Gasteiger partial charge in [0.2, 0.25) is 21.8 Å². The number of imide groups is 1. The normalized spacial score (nSPS) is 24.7. The highest BCUT2D eigenvalue weighted by molar-refractivity contribution is 7.89. The first-order valence-electron chi connectivity index (χ1n) is 7.00. The van der Waals surface area contributed by atoms with E-state index in [4.69, 9.17) is 5.14 Å². The summed E-state index contributed by atoms with van der Waals surface area (Å²) >= 11 is 0. The highest BCUT2D eigenvalue weighted by Gasteiger charge is 2.46. The molecule has 0 saturated carbocycles. The zero-order valence-electron chi connectivity index (χ0n) is 11.8. The summed E-state index contributed by atoms with van der Waals surface area (Å²) in [4.78, 5) is 26.0. The van der Waals surface area contributed by atoms with Crippen LogP contribution in [0.4, 0.5) is 0 Å². The summed E-state index contributed by atoms with van der Waals surface area (Å²) in [5.41, 5.74) is 0.695. The molecule has 0 radical (unpaired) electrons. The summed E-state index contributed by atoms with van der Waals surface area (Å²) in [6.45, 7) is 0.162. The minimum absolute atomic E-state index is 0.00759. The molecule has 0 aromatic heterocycles. The Hall–Kier alpha value is -1.99. The minimum atomic E-state index is -3.74. The van der Waals surface area contributed by atoms with Crippen molar-refractivity contribution in [1.29, 1.82) is 0 Å². The standard InChI is InChI=1S/C15H16N2O4S/c16-22(20,21)11-7-5-10(6-8-11)9-17-14(18)12-3-1-2-4-13(12)15(17)19/h1-2,5-8,12-13H,3-4,9H2,(H2,16,20,21)/t12-,13+. The fraction of sp³-hybridized carbons (Fsp3) is 0.333. The lowest BCUT2D eigenvalue weighted by molar-refractivity contribution is -0.140. The SMILES string of the molecule is NS(=O)(=O)c1ccc(CN2C(=O)[C@H]3CC=CC[C@H]3C2=O)cc1. The van der Waals surface area contributed by atoms with Crippen LogP contribution in [0.15, 0.2) is 41.3 Å². The Labute approximate surface area is 128 Å². The molecule has 2 atom stereocenters. The van der Waals surface area contributed by atoms with Gasteiger partial charge >= 0.3 is 0 Å². The van der Waals surface area contributed by atoms with Crippen molar-refractivity contribution in [3.05, 3.63) is 42.0 Å². The van der Waals surface area contributed by atoms with E-state index in [1.807, 2.05) is 12.2 Å². The predicted molar refractivity (Wildman–Crippen MR) is 78.7 cm³/mol. The topological polar surface area (TPSA) is 97.5 Å². The molecule has 1 aliphatic carbocycles. The molecule has 1 fully saturated rings. The van der Waals surface area contributed by atoms with Gasteiger partial charge in [-0.25, -0.2) is 13.6 Å². The molecule has 6 nitrogen and oxygen atoms in total. The second-order valence-electron chi connectivity index (χ2n) is 5.61. The van der Waals surface area contributed by atoms with E-state index in [-0.39, 0.29) is 35.1 Å². The van der Waals surface area contributed by atoms with Gasteiger partial charge in [-0.2, -0.15) is 0 Å². The first kappa shape index (κ1) is 14.9. The van der Waals surface area contributed by atoms with Crippen LogP contribution < -0.4 is 5.14 Å². The number of carbonyl (C=O) groups excluding carboxylic acids is 2. The van der Waals surface area contributed by atoms with E-state index in [1.165, 1.54) is 17.0 Å². The van der Waals surface area contributed by atoms with E-state index in [2.05, 4.69) is 0 Å². The Kier molecular flexibility index (Phi) is 3.62. The average molecular weight is 320 g/mol. The average Bonchev–Trinajstić information content (AvgIpc) is 2.73.